The van der Waals surface area contributed by atoms with Gasteiger partial charge in [-0.05, 0) is 25.9 Å². The maximum atomic E-state index is 11.6. The minimum atomic E-state index is -2.98. The predicted octanol–water partition coefficient (Wildman–Crippen LogP) is -0.853. The molecule has 0 atom stereocenters. The van der Waals surface area contributed by atoms with Crippen LogP contribution in [0.3, 0.4) is 0 Å². The van der Waals surface area contributed by atoms with Crippen LogP contribution in [0.5, 0.6) is 0 Å². The molecule has 0 aliphatic carbocycles. The second-order valence-corrected chi connectivity index (χ2v) is 6.20. The van der Waals surface area contributed by atoms with Crippen molar-refractivity contribution in [2.75, 3.05) is 31.6 Å². The Hall–Kier alpha value is -0.620. The van der Waals surface area contributed by atoms with Crippen molar-refractivity contribution in [1.82, 2.24) is 10.6 Å². The Morgan fingerprint density at radius 3 is 2.53 bits per heavy atom. The van der Waals surface area contributed by atoms with E-state index in [1.54, 1.807) is 0 Å². The summed E-state index contributed by atoms with van der Waals surface area (Å²) in [4.78, 5) is 11.6. The normalized spacial score (nSPS) is 18.7. The van der Waals surface area contributed by atoms with Crippen molar-refractivity contribution >= 4 is 15.7 Å². The summed E-state index contributed by atoms with van der Waals surface area (Å²) >= 11 is 0. The topological polar surface area (TPSA) is 75.3 Å². The van der Waals surface area contributed by atoms with Gasteiger partial charge in [-0.1, -0.05) is 0 Å². The van der Waals surface area contributed by atoms with Gasteiger partial charge >= 0.3 is 0 Å². The fourth-order valence-corrected chi connectivity index (χ4v) is 2.06. The lowest BCUT2D eigenvalue weighted by molar-refractivity contribution is -0.125. The molecule has 5 nitrogen and oxygen atoms in total. The standard InChI is InChI=1S/C9H18N2O3S/c1-15(13,14)7-6-11-9(12)8-2-4-10-5-3-8/h8,10H,2-7H2,1H3,(H,11,12). The quantitative estimate of drug-likeness (QED) is 0.664. The molecule has 1 heterocycles. The van der Waals surface area contributed by atoms with Crippen LogP contribution in [-0.2, 0) is 14.6 Å². The van der Waals surface area contributed by atoms with Crippen LogP contribution in [0, 0.1) is 5.92 Å². The highest BCUT2D eigenvalue weighted by atomic mass is 32.2. The van der Waals surface area contributed by atoms with Gasteiger partial charge < -0.3 is 10.6 Å². The summed E-state index contributed by atoms with van der Waals surface area (Å²) in [6, 6.07) is 0. The van der Waals surface area contributed by atoms with Crippen molar-refractivity contribution in [2.24, 2.45) is 5.92 Å². The molecule has 88 valence electrons. The van der Waals surface area contributed by atoms with E-state index in [1.807, 2.05) is 0 Å². The van der Waals surface area contributed by atoms with E-state index in [4.69, 9.17) is 0 Å². The second kappa shape index (κ2) is 5.46. The molecule has 0 aromatic rings. The van der Waals surface area contributed by atoms with Crippen molar-refractivity contribution in [1.29, 1.82) is 0 Å². The summed E-state index contributed by atoms with van der Waals surface area (Å²) in [5.41, 5.74) is 0. The molecule has 15 heavy (non-hydrogen) atoms. The third-order valence-electron chi connectivity index (χ3n) is 2.48. The second-order valence-electron chi connectivity index (χ2n) is 3.95. The summed E-state index contributed by atoms with van der Waals surface area (Å²) in [6.45, 7) is 1.95. The van der Waals surface area contributed by atoms with Gasteiger partial charge in [-0.2, -0.15) is 0 Å². The van der Waals surface area contributed by atoms with E-state index in [-0.39, 0.29) is 24.1 Å². The van der Waals surface area contributed by atoms with E-state index in [0.29, 0.717) is 0 Å². The molecule has 0 radical (unpaired) electrons. The average Bonchev–Trinajstić information content (AvgIpc) is 2.17. The Balaban J connectivity index is 2.23. The van der Waals surface area contributed by atoms with E-state index in [2.05, 4.69) is 10.6 Å². The molecular formula is C9H18N2O3S. The number of piperidine rings is 1. The molecule has 0 bridgehead atoms. The Bertz CT molecular complexity index is 307. The molecule has 1 aliphatic rings. The number of carbonyl (C=O) groups is 1. The van der Waals surface area contributed by atoms with Crippen LogP contribution in [0.2, 0.25) is 0 Å². The predicted molar refractivity (Wildman–Crippen MR) is 58.3 cm³/mol. The zero-order valence-corrected chi connectivity index (χ0v) is 9.77. The number of amides is 1. The van der Waals surface area contributed by atoms with Gasteiger partial charge in [0.05, 0.1) is 5.75 Å². The van der Waals surface area contributed by atoms with Gasteiger partial charge in [0.25, 0.3) is 0 Å². The van der Waals surface area contributed by atoms with Gasteiger partial charge in [0.1, 0.15) is 9.84 Å². The molecule has 0 aromatic heterocycles. The zero-order chi connectivity index (χ0) is 11.3. The number of hydrogen-bond donors (Lipinski definition) is 2. The van der Waals surface area contributed by atoms with Crippen LogP contribution in [-0.4, -0.2) is 46.0 Å². The van der Waals surface area contributed by atoms with Crippen LogP contribution < -0.4 is 10.6 Å². The first-order valence-corrected chi connectivity index (χ1v) is 7.21. The molecule has 0 spiro atoms. The SMILES string of the molecule is CS(=O)(=O)CCNC(=O)C1CCNCC1. The van der Waals surface area contributed by atoms with E-state index in [9.17, 15) is 13.2 Å². The van der Waals surface area contributed by atoms with Gasteiger partial charge in [-0.15, -0.1) is 0 Å². The smallest absolute Gasteiger partial charge is 0.223 e. The lowest BCUT2D eigenvalue weighted by atomic mass is 9.97. The van der Waals surface area contributed by atoms with E-state index < -0.39 is 9.84 Å². The van der Waals surface area contributed by atoms with Crippen molar-refractivity contribution in [3.05, 3.63) is 0 Å². The maximum absolute atomic E-state index is 11.6. The first-order chi connectivity index (χ1) is 6.99. The van der Waals surface area contributed by atoms with Gasteiger partial charge in [0.2, 0.25) is 5.91 Å². The molecule has 2 N–H and O–H groups in total. The molecule has 1 fully saturated rings. The Morgan fingerprint density at radius 1 is 1.40 bits per heavy atom. The number of carbonyl (C=O) groups excluding carboxylic acids is 1. The van der Waals surface area contributed by atoms with Crippen LogP contribution in [0.1, 0.15) is 12.8 Å². The summed E-state index contributed by atoms with van der Waals surface area (Å²) in [5.74, 6) is 0.0509. The van der Waals surface area contributed by atoms with Gasteiger partial charge in [-0.25, -0.2) is 8.42 Å². The molecule has 6 heteroatoms. The highest BCUT2D eigenvalue weighted by molar-refractivity contribution is 7.90. The molecule has 1 aliphatic heterocycles. The minimum absolute atomic E-state index is 0.0137. The van der Waals surface area contributed by atoms with E-state index in [0.717, 1.165) is 25.9 Å². The van der Waals surface area contributed by atoms with Crippen LogP contribution in [0.4, 0.5) is 0 Å². The fourth-order valence-electron chi connectivity index (χ4n) is 1.59. The number of hydrogen-bond acceptors (Lipinski definition) is 4. The van der Waals surface area contributed by atoms with Crippen LogP contribution in [0.15, 0.2) is 0 Å². The average molecular weight is 234 g/mol. The fraction of sp³-hybridized carbons (Fsp3) is 0.889. The molecule has 1 rings (SSSR count). The van der Waals surface area contributed by atoms with E-state index in [1.165, 1.54) is 6.26 Å². The third kappa shape index (κ3) is 5.13. The van der Waals surface area contributed by atoms with Crippen LogP contribution >= 0.6 is 0 Å². The molecule has 0 aromatic carbocycles. The monoisotopic (exact) mass is 234 g/mol. The lowest BCUT2D eigenvalue weighted by Crippen LogP contribution is -2.39. The molecule has 1 saturated heterocycles. The first-order valence-electron chi connectivity index (χ1n) is 5.15. The maximum Gasteiger partial charge on any atom is 0.223 e. The van der Waals surface area contributed by atoms with Gasteiger partial charge in [-0.3, -0.25) is 4.79 Å². The lowest BCUT2D eigenvalue weighted by Gasteiger charge is -2.21. The number of rotatable bonds is 4. The molecule has 0 unspecified atom stereocenters. The summed E-state index contributed by atoms with van der Waals surface area (Å²) in [6.07, 6.45) is 2.85. The first kappa shape index (κ1) is 12.4. The molecular weight excluding hydrogens is 216 g/mol. The van der Waals surface area contributed by atoms with E-state index >= 15 is 0 Å². The summed E-state index contributed by atoms with van der Waals surface area (Å²) in [7, 11) is -2.98. The van der Waals surface area contributed by atoms with Crippen molar-refractivity contribution < 1.29 is 13.2 Å². The van der Waals surface area contributed by atoms with Crippen molar-refractivity contribution in [3.63, 3.8) is 0 Å². The largest absolute Gasteiger partial charge is 0.355 e. The third-order valence-corrected chi connectivity index (χ3v) is 3.43. The summed E-state index contributed by atoms with van der Waals surface area (Å²) < 4.78 is 21.7. The Morgan fingerprint density at radius 2 is 2.00 bits per heavy atom. The van der Waals surface area contributed by atoms with Crippen LogP contribution in [0.25, 0.3) is 0 Å². The minimum Gasteiger partial charge on any atom is -0.355 e. The highest BCUT2D eigenvalue weighted by Gasteiger charge is 2.20. The number of nitrogens with one attached hydrogen (secondary N) is 2. The van der Waals surface area contributed by atoms with Gasteiger partial charge in [0, 0.05) is 18.7 Å². The Kier molecular flexibility index (Phi) is 4.53. The van der Waals surface area contributed by atoms with Gasteiger partial charge in [0.15, 0.2) is 0 Å². The highest BCUT2D eigenvalue weighted by Crippen LogP contribution is 2.10. The Labute approximate surface area is 90.5 Å². The van der Waals surface area contributed by atoms with Crippen molar-refractivity contribution in [3.8, 4) is 0 Å². The summed E-state index contributed by atoms with van der Waals surface area (Å²) in [5, 5.41) is 5.84. The zero-order valence-electron chi connectivity index (χ0n) is 8.95. The molecule has 0 saturated carbocycles. The molecule has 1 amide bonds. The number of sulfone groups is 1. The van der Waals surface area contributed by atoms with Crippen molar-refractivity contribution in [2.45, 2.75) is 12.8 Å².